The third kappa shape index (κ3) is 4.32. The van der Waals surface area contributed by atoms with Crippen LogP contribution in [0.5, 0.6) is 0 Å². The van der Waals surface area contributed by atoms with Gasteiger partial charge in [0.2, 0.25) is 11.1 Å². The molecule has 1 aromatic carbocycles. The van der Waals surface area contributed by atoms with Crippen molar-refractivity contribution in [2.75, 3.05) is 11.1 Å². The monoisotopic (exact) mass is 408 g/mol. The Hall–Kier alpha value is -2.16. The lowest BCUT2D eigenvalue weighted by Gasteiger charge is -2.08. The highest BCUT2D eigenvalue weighted by Crippen LogP contribution is 2.26. The highest BCUT2D eigenvalue weighted by Gasteiger charge is 2.14. The van der Waals surface area contributed by atoms with E-state index < -0.39 is 0 Å². The molecule has 1 N–H and O–H groups in total. The van der Waals surface area contributed by atoms with E-state index in [0.717, 1.165) is 11.3 Å². The fraction of sp³-hybridized carbons (Fsp3) is 0.188. The van der Waals surface area contributed by atoms with Gasteiger partial charge >= 0.3 is 0 Å². The Bertz CT molecular complexity index is 944. The first kappa shape index (κ1) is 18.6. The zero-order chi connectivity index (χ0) is 18.7. The van der Waals surface area contributed by atoms with Gasteiger partial charge in [-0.3, -0.25) is 4.79 Å². The molecule has 7 nitrogen and oxygen atoms in total. The molecule has 0 saturated carbocycles. The summed E-state index contributed by atoms with van der Waals surface area (Å²) in [5.74, 6) is 0.105. The summed E-state index contributed by atoms with van der Waals surface area (Å²) in [5.41, 5.74) is 2.54. The van der Waals surface area contributed by atoms with Crippen LogP contribution >= 0.6 is 35.0 Å². The number of halogens is 2. The minimum Gasteiger partial charge on any atom is -0.309 e. The summed E-state index contributed by atoms with van der Waals surface area (Å²) < 4.78 is 1.58. The highest BCUT2D eigenvalue weighted by molar-refractivity contribution is 7.99. The Kier molecular flexibility index (Phi) is 5.75. The van der Waals surface area contributed by atoms with E-state index in [-0.39, 0.29) is 22.5 Å². The van der Waals surface area contributed by atoms with Crippen molar-refractivity contribution in [1.82, 2.24) is 25.2 Å². The summed E-state index contributed by atoms with van der Waals surface area (Å²) in [7, 11) is 0. The second-order valence-electron chi connectivity index (χ2n) is 5.43. The molecule has 2 aromatic heterocycles. The van der Waals surface area contributed by atoms with E-state index in [1.807, 2.05) is 31.2 Å². The van der Waals surface area contributed by atoms with E-state index in [1.165, 1.54) is 11.8 Å². The standard InChI is InChI=1S/C16H14Cl2N6OS/c1-9-3-5-11(6-4-9)24-16(21-22-23-24)26-8-14(25)20-15-13(18)7-12(17)10(2)19-15/h3-7H,8H2,1-2H3,(H,19,20,25). The molecular weight excluding hydrogens is 395 g/mol. The number of hydrogen-bond donors (Lipinski definition) is 1. The number of pyridine rings is 1. The van der Waals surface area contributed by atoms with Gasteiger partial charge in [-0.2, -0.15) is 4.68 Å². The normalized spacial score (nSPS) is 10.8. The molecule has 3 rings (SSSR count). The van der Waals surface area contributed by atoms with E-state index in [1.54, 1.807) is 17.7 Å². The second-order valence-corrected chi connectivity index (χ2v) is 7.19. The molecule has 1 amide bonds. The molecule has 0 unspecified atom stereocenters. The molecule has 0 bridgehead atoms. The predicted molar refractivity (Wildman–Crippen MR) is 102 cm³/mol. The molecule has 10 heteroatoms. The van der Waals surface area contributed by atoms with E-state index in [4.69, 9.17) is 23.2 Å². The summed E-state index contributed by atoms with van der Waals surface area (Å²) >= 11 is 13.2. The quantitative estimate of drug-likeness (QED) is 0.647. The Balaban J connectivity index is 1.67. The SMILES string of the molecule is Cc1ccc(-n2nnnc2SCC(=O)Nc2nc(C)c(Cl)cc2Cl)cc1. The third-order valence-electron chi connectivity index (χ3n) is 3.41. The van der Waals surface area contributed by atoms with Crippen molar-refractivity contribution in [3.63, 3.8) is 0 Å². The zero-order valence-corrected chi connectivity index (χ0v) is 16.2. The molecule has 26 heavy (non-hydrogen) atoms. The van der Waals surface area contributed by atoms with Crippen LogP contribution in [0.2, 0.25) is 10.0 Å². The van der Waals surface area contributed by atoms with E-state index in [9.17, 15) is 4.79 Å². The Morgan fingerprint density at radius 2 is 1.92 bits per heavy atom. The molecule has 0 spiro atoms. The number of benzene rings is 1. The zero-order valence-electron chi connectivity index (χ0n) is 13.9. The van der Waals surface area contributed by atoms with Crippen LogP contribution in [0.3, 0.4) is 0 Å². The lowest BCUT2D eigenvalue weighted by atomic mass is 10.2. The van der Waals surface area contributed by atoms with Gasteiger partial charge in [-0.1, -0.05) is 52.7 Å². The van der Waals surface area contributed by atoms with Crippen LogP contribution in [0.1, 0.15) is 11.3 Å². The van der Waals surface area contributed by atoms with Crippen LogP contribution in [-0.2, 0) is 4.79 Å². The minimum atomic E-state index is -0.274. The number of thioether (sulfide) groups is 1. The number of nitrogens with one attached hydrogen (secondary N) is 1. The molecule has 0 aliphatic carbocycles. The van der Waals surface area contributed by atoms with Crippen molar-refractivity contribution >= 4 is 46.7 Å². The van der Waals surface area contributed by atoms with Gasteiger partial charge in [0.1, 0.15) is 0 Å². The van der Waals surface area contributed by atoms with Crippen molar-refractivity contribution in [2.45, 2.75) is 19.0 Å². The Morgan fingerprint density at radius 3 is 2.65 bits per heavy atom. The smallest absolute Gasteiger partial charge is 0.236 e. The molecule has 3 aromatic rings. The fourth-order valence-corrected chi connectivity index (χ4v) is 3.16. The van der Waals surface area contributed by atoms with Crippen LogP contribution in [0.25, 0.3) is 5.69 Å². The first-order valence-corrected chi connectivity index (χ1v) is 9.29. The van der Waals surface area contributed by atoms with Crippen molar-refractivity contribution < 1.29 is 4.79 Å². The summed E-state index contributed by atoms with van der Waals surface area (Å²) in [6, 6.07) is 9.31. The van der Waals surface area contributed by atoms with Crippen molar-refractivity contribution in [3.05, 3.63) is 51.6 Å². The maximum Gasteiger partial charge on any atom is 0.236 e. The molecule has 0 saturated heterocycles. The van der Waals surface area contributed by atoms with Gasteiger partial charge in [0.05, 0.1) is 27.2 Å². The van der Waals surface area contributed by atoms with Crippen molar-refractivity contribution in [1.29, 1.82) is 0 Å². The van der Waals surface area contributed by atoms with Gasteiger partial charge in [0.25, 0.3) is 0 Å². The van der Waals surface area contributed by atoms with Gasteiger partial charge in [-0.25, -0.2) is 4.98 Å². The van der Waals surface area contributed by atoms with Crippen molar-refractivity contribution in [2.24, 2.45) is 0 Å². The predicted octanol–water partition coefficient (Wildman–Crippen LogP) is 3.71. The van der Waals surface area contributed by atoms with Gasteiger partial charge in [0, 0.05) is 0 Å². The molecule has 0 aliphatic heterocycles. The second kappa shape index (κ2) is 8.03. The van der Waals surface area contributed by atoms with Gasteiger partial charge in [-0.15, -0.1) is 5.10 Å². The number of rotatable bonds is 5. The van der Waals surface area contributed by atoms with E-state index >= 15 is 0 Å². The minimum absolute atomic E-state index is 0.103. The molecule has 0 radical (unpaired) electrons. The number of aryl methyl sites for hydroxylation is 2. The molecule has 0 fully saturated rings. The number of amides is 1. The number of hydrogen-bond acceptors (Lipinski definition) is 6. The Labute approximate surface area is 164 Å². The first-order valence-electron chi connectivity index (χ1n) is 7.55. The lowest BCUT2D eigenvalue weighted by molar-refractivity contribution is -0.113. The number of carbonyl (C=O) groups excluding carboxylic acids is 1. The first-order chi connectivity index (χ1) is 12.4. The number of carbonyl (C=O) groups is 1. The maximum atomic E-state index is 12.2. The van der Waals surface area contributed by atoms with Crippen LogP contribution in [0.4, 0.5) is 5.82 Å². The van der Waals surface area contributed by atoms with Crippen LogP contribution in [0.15, 0.2) is 35.5 Å². The maximum absolute atomic E-state index is 12.2. The number of nitrogens with zero attached hydrogens (tertiary/aromatic N) is 5. The van der Waals surface area contributed by atoms with Gasteiger partial charge in [-0.05, 0) is 42.5 Å². The molecule has 2 heterocycles. The highest BCUT2D eigenvalue weighted by atomic mass is 35.5. The molecule has 134 valence electrons. The summed E-state index contributed by atoms with van der Waals surface area (Å²) in [6.45, 7) is 3.74. The number of anilines is 1. The Morgan fingerprint density at radius 1 is 1.19 bits per heavy atom. The molecule has 0 atom stereocenters. The topological polar surface area (TPSA) is 85.6 Å². The van der Waals surface area contributed by atoms with Gasteiger partial charge < -0.3 is 5.32 Å². The van der Waals surface area contributed by atoms with E-state index in [0.29, 0.717) is 15.9 Å². The molecule has 0 aliphatic rings. The molecular formula is C16H14Cl2N6OS. The average molecular weight is 409 g/mol. The van der Waals surface area contributed by atoms with Crippen LogP contribution < -0.4 is 5.32 Å². The van der Waals surface area contributed by atoms with Crippen LogP contribution in [-0.4, -0.2) is 36.9 Å². The fourth-order valence-electron chi connectivity index (χ4n) is 2.06. The van der Waals surface area contributed by atoms with Crippen molar-refractivity contribution in [3.8, 4) is 5.69 Å². The third-order valence-corrected chi connectivity index (χ3v) is 5.00. The number of aromatic nitrogens is 5. The summed E-state index contributed by atoms with van der Waals surface area (Å²) in [5, 5.41) is 15.5. The summed E-state index contributed by atoms with van der Waals surface area (Å²) in [4.78, 5) is 16.4. The average Bonchev–Trinajstić information content (AvgIpc) is 3.07. The lowest BCUT2D eigenvalue weighted by Crippen LogP contribution is -2.16. The summed E-state index contributed by atoms with van der Waals surface area (Å²) in [6.07, 6.45) is 0. The van der Waals surface area contributed by atoms with Crippen LogP contribution in [0, 0.1) is 13.8 Å². The van der Waals surface area contributed by atoms with Gasteiger partial charge in [0.15, 0.2) is 5.82 Å². The van der Waals surface area contributed by atoms with E-state index in [2.05, 4.69) is 25.8 Å². The number of tetrazole rings is 1. The largest absolute Gasteiger partial charge is 0.309 e.